The number of carbonyl (C=O) groups excluding carboxylic acids is 2. The van der Waals surface area contributed by atoms with Crippen molar-refractivity contribution >= 4 is 17.6 Å². The van der Waals surface area contributed by atoms with Gasteiger partial charge >= 0.3 is 5.97 Å². The van der Waals surface area contributed by atoms with Gasteiger partial charge < -0.3 is 20.0 Å². The zero-order chi connectivity index (χ0) is 26.9. The van der Waals surface area contributed by atoms with Crippen LogP contribution in [0.2, 0.25) is 0 Å². The second kappa shape index (κ2) is 10.8. The molecule has 0 bridgehead atoms. The summed E-state index contributed by atoms with van der Waals surface area (Å²) in [6.07, 6.45) is 11.0. The number of allylic oxidation sites excluding steroid dienone is 2. The first-order valence-electron chi connectivity index (χ1n) is 14.2. The molecule has 0 aromatic heterocycles. The van der Waals surface area contributed by atoms with Crippen LogP contribution in [-0.4, -0.2) is 48.6 Å². The van der Waals surface area contributed by atoms with Crippen molar-refractivity contribution in [2.45, 2.75) is 83.8 Å². The van der Waals surface area contributed by atoms with Crippen LogP contribution in [0.15, 0.2) is 47.1 Å². The second-order valence-corrected chi connectivity index (χ2v) is 12.3. The summed E-state index contributed by atoms with van der Waals surface area (Å²) >= 11 is 0. The SMILES string of the molecule is COC(=O)[C@H](Cc1ccccc1)NC(=O)CO/N=C1/C=C2CC[C@H]3[C@@H](CC[C@]4(C)[C@H](O)CC[C@@H]34)[C@@]2(C)CC1. The molecule has 0 saturated heterocycles. The van der Waals surface area contributed by atoms with Crippen molar-refractivity contribution in [1.82, 2.24) is 5.32 Å². The van der Waals surface area contributed by atoms with E-state index in [9.17, 15) is 14.7 Å². The van der Waals surface area contributed by atoms with Crippen molar-refractivity contribution in [3.8, 4) is 0 Å². The van der Waals surface area contributed by atoms with Gasteiger partial charge in [0.05, 0.1) is 18.9 Å². The fourth-order valence-electron chi connectivity index (χ4n) is 8.21. The molecule has 4 aliphatic rings. The van der Waals surface area contributed by atoms with Crippen molar-refractivity contribution in [1.29, 1.82) is 0 Å². The third-order valence-corrected chi connectivity index (χ3v) is 10.4. The van der Waals surface area contributed by atoms with E-state index in [1.165, 1.54) is 31.9 Å². The minimum Gasteiger partial charge on any atom is -0.467 e. The molecule has 206 valence electrons. The smallest absolute Gasteiger partial charge is 0.328 e. The Balaban J connectivity index is 1.18. The number of oxime groups is 1. The van der Waals surface area contributed by atoms with Crippen LogP contribution >= 0.6 is 0 Å². The van der Waals surface area contributed by atoms with Gasteiger partial charge in [0.25, 0.3) is 5.91 Å². The van der Waals surface area contributed by atoms with Crippen molar-refractivity contribution in [3.63, 3.8) is 0 Å². The van der Waals surface area contributed by atoms with Crippen molar-refractivity contribution < 1.29 is 24.3 Å². The minimum absolute atomic E-state index is 0.0996. The number of fused-ring (bicyclic) bond motifs is 5. The topological polar surface area (TPSA) is 97.2 Å². The summed E-state index contributed by atoms with van der Waals surface area (Å²) < 4.78 is 4.87. The number of nitrogens with one attached hydrogen (secondary N) is 1. The summed E-state index contributed by atoms with van der Waals surface area (Å²) in [6.45, 7) is 4.52. The van der Waals surface area contributed by atoms with Gasteiger partial charge in [-0.05, 0) is 91.6 Å². The first kappa shape index (κ1) is 26.9. The highest BCUT2D eigenvalue weighted by Crippen LogP contribution is 2.65. The maximum Gasteiger partial charge on any atom is 0.328 e. The Kier molecular flexibility index (Phi) is 7.67. The molecule has 0 aliphatic heterocycles. The largest absolute Gasteiger partial charge is 0.467 e. The van der Waals surface area contributed by atoms with Crippen LogP contribution < -0.4 is 5.32 Å². The number of rotatable bonds is 7. The molecular formula is C31H42N2O5. The van der Waals surface area contributed by atoms with Crippen LogP contribution in [0.1, 0.15) is 70.8 Å². The molecule has 0 heterocycles. The van der Waals surface area contributed by atoms with Gasteiger partial charge in [-0.25, -0.2) is 4.79 Å². The average molecular weight is 523 g/mol. The Morgan fingerprint density at radius 2 is 1.87 bits per heavy atom. The summed E-state index contributed by atoms with van der Waals surface area (Å²) in [7, 11) is 1.32. The molecule has 1 aromatic carbocycles. The van der Waals surface area contributed by atoms with E-state index in [2.05, 4.69) is 30.4 Å². The number of aliphatic hydroxyl groups excluding tert-OH is 1. The van der Waals surface area contributed by atoms with Gasteiger partial charge in [-0.2, -0.15) is 0 Å². The Labute approximate surface area is 226 Å². The van der Waals surface area contributed by atoms with Gasteiger partial charge in [-0.3, -0.25) is 4.79 Å². The summed E-state index contributed by atoms with van der Waals surface area (Å²) in [6, 6.07) is 8.73. The zero-order valence-corrected chi connectivity index (χ0v) is 22.9. The molecule has 1 amide bonds. The van der Waals surface area contributed by atoms with Gasteiger partial charge in [-0.15, -0.1) is 0 Å². The van der Waals surface area contributed by atoms with Crippen molar-refractivity contribution in [2.75, 3.05) is 13.7 Å². The predicted octanol–water partition coefficient (Wildman–Crippen LogP) is 4.58. The molecule has 5 rings (SSSR count). The van der Waals surface area contributed by atoms with Crippen LogP contribution in [0.5, 0.6) is 0 Å². The van der Waals surface area contributed by atoms with Crippen LogP contribution in [0.3, 0.4) is 0 Å². The van der Waals surface area contributed by atoms with Gasteiger partial charge in [0.15, 0.2) is 6.61 Å². The molecule has 1 aromatic rings. The summed E-state index contributed by atoms with van der Waals surface area (Å²) in [5.74, 6) is 1.11. The number of hydrogen-bond donors (Lipinski definition) is 2. The lowest BCUT2D eigenvalue weighted by molar-refractivity contribution is -0.145. The van der Waals surface area contributed by atoms with Crippen LogP contribution in [0.25, 0.3) is 0 Å². The van der Waals surface area contributed by atoms with Gasteiger partial charge in [-0.1, -0.05) is 54.9 Å². The van der Waals surface area contributed by atoms with E-state index in [1.807, 2.05) is 30.3 Å². The molecule has 7 nitrogen and oxygen atoms in total. The lowest BCUT2D eigenvalue weighted by Gasteiger charge is -2.57. The van der Waals surface area contributed by atoms with E-state index in [1.54, 1.807) is 0 Å². The molecule has 0 unspecified atom stereocenters. The molecule has 7 atom stereocenters. The average Bonchev–Trinajstić information content (AvgIpc) is 3.22. The standard InChI is InChI=1S/C31H42N2O5/c1-30-15-13-22(18-21(30)9-10-23-24-11-12-27(34)31(24,2)16-14-25(23)30)33-38-19-28(35)32-26(29(36)37-3)17-20-7-5-4-6-8-20/h4-8,18,23-27,34H,9-17,19H2,1-3H3,(H,32,35)/b33-22+/t23-,24+,25-,26+,27-,30+,31+/m1/s1. The lowest BCUT2D eigenvalue weighted by Crippen LogP contribution is -2.51. The quantitative estimate of drug-likeness (QED) is 0.404. The van der Waals surface area contributed by atoms with Gasteiger partial charge in [0, 0.05) is 6.42 Å². The molecule has 2 N–H and O–H groups in total. The number of methoxy groups -OCH3 is 1. The Morgan fingerprint density at radius 1 is 1.08 bits per heavy atom. The number of amides is 1. The molecule has 3 saturated carbocycles. The Bertz CT molecular complexity index is 1100. The lowest BCUT2D eigenvalue weighted by atomic mass is 9.47. The summed E-state index contributed by atoms with van der Waals surface area (Å²) in [4.78, 5) is 30.2. The molecule has 7 heteroatoms. The van der Waals surface area contributed by atoms with Crippen LogP contribution in [0, 0.1) is 28.6 Å². The van der Waals surface area contributed by atoms with Gasteiger partial charge in [0.1, 0.15) is 6.04 Å². The van der Waals surface area contributed by atoms with E-state index < -0.39 is 17.9 Å². The second-order valence-electron chi connectivity index (χ2n) is 12.3. The number of esters is 1. The van der Waals surface area contributed by atoms with E-state index >= 15 is 0 Å². The Morgan fingerprint density at radius 3 is 2.63 bits per heavy atom. The third kappa shape index (κ3) is 5.02. The zero-order valence-electron chi connectivity index (χ0n) is 22.9. The predicted molar refractivity (Wildman–Crippen MR) is 145 cm³/mol. The molecule has 4 aliphatic carbocycles. The molecule has 0 spiro atoms. The number of benzene rings is 1. The minimum atomic E-state index is -0.780. The maximum absolute atomic E-state index is 12.5. The van der Waals surface area contributed by atoms with Gasteiger partial charge in [0.2, 0.25) is 0 Å². The number of ether oxygens (including phenoxy) is 1. The molecule has 3 fully saturated rings. The highest BCUT2D eigenvalue weighted by molar-refractivity contribution is 5.96. The number of hydrogen-bond acceptors (Lipinski definition) is 6. The van der Waals surface area contributed by atoms with Crippen molar-refractivity contribution in [3.05, 3.63) is 47.5 Å². The summed E-state index contributed by atoms with van der Waals surface area (Å²) in [5.41, 5.74) is 3.56. The highest BCUT2D eigenvalue weighted by Gasteiger charge is 2.58. The monoisotopic (exact) mass is 522 g/mol. The number of aliphatic hydroxyl groups is 1. The van der Waals surface area contributed by atoms with E-state index in [4.69, 9.17) is 9.57 Å². The van der Waals surface area contributed by atoms with E-state index in [0.717, 1.165) is 43.4 Å². The molecular weight excluding hydrogens is 480 g/mol. The number of nitrogens with zero attached hydrogens (tertiary/aromatic N) is 1. The Hall–Kier alpha value is -2.67. The summed E-state index contributed by atoms with van der Waals surface area (Å²) in [5, 5.41) is 17.7. The fourth-order valence-corrected chi connectivity index (χ4v) is 8.21. The number of carbonyl (C=O) groups is 2. The van der Waals surface area contributed by atoms with Crippen LogP contribution in [-0.2, 0) is 25.6 Å². The molecule has 0 radical (unpaired) electrons. The highest BCUT2D eigenvalue weighted by atomic mass is 16.6. The first-order valence-corrected chi connectivity index (χ1v) is 14.2. The van der Waals surface area contributed by atoms with E-state index in [-0.39, 0.29) is 23.5 Å². The maximum atomic E-state index is 12.5. The first-order chi connectivity index (χ1) is 18.2. The normalized spacial score (nSPS) is 35.8. The van der Waals surface area contributed by atoms with E-state index in [0.29, 0.717) is 24.2 Å². The van der Waals surface area contributed by atoms with Crippen molar-refractivity contribution in [2.24, 2.45) is 33.7 Å². The fraction of sp³-hybridized carbons (Fsp3) is 0.645. The van der Waals surface area contributed by atoms with Crippen LogP contribution in [0.4, 0.5) is 0 Å². The third-order valence-electron chi connectivity index (χ3n) is 10.4. The molecule has 38 heavy (non-hydrogen) atoms.